The number of amides is 3. The van der Waals surface area contributed by atoms with Crippen molar-refractivity contribution in [3.8, 4) is 0 Å². The summed E-state index contributed by atoms with van der Waals surface area (Å²) in [4.78, 5) is 49.0. The molecule has 256 valence electrons. The summed E-state index contributed by atoms with van der Waals surface area (Å²) in [6, 6.07) is 20.2. The third-order valence-electron chi connectivity index (χ3n) is 7.81. The van der Waals surface area contributed by atoms with E-state index in [4.69, 9.17) is 4.74 Å². The lowest BCUT2D eigenvalue weighted by Gasteiger charge is -2.27. The highest BCUT2D eigenvalue weighted by molar-refractivity contribution is 5.97. The first-order chi connectivity index (χ1) is 22.9. The number of ether oxygens (including phenoxy) is 1. The highest BCUT2D eigenvalue weighted by Gasteiger charge is 2.25. The third-order valence-corrected chi connectivity index (χ3v) is 7.81. The summed E-state index contributed by atoms with van der Waals surface area (Å²) in [5, 5.41) is 11.7. The monoisotopic (exact) mass is 654 g/mol. The number of aromatic amines is 1. The van der Waals surface area contributed by atoms with E-state index in [1.807, 2.05) is 64.1 Å². The highest BCUT2D eigenvalue weighted by atomic mass is 16.6. The molecule has 0 spiro atoms. The molecular formula is C38H50N6O4. The van der Waals surface area contributed by atoms with Gasteiger partial charge in [0.2, 0.25) is 5.91 Å². The van der Waals surface area contributed by atoms with Gasteiger partial charge in [-0.3, -0.25) is 14.5 Å². The molecule has 0 bridgehead atoms. The lowest BCUT2D eigenvalue weighted by Crippen LogP contribution is -2.47. The molecule has 0 aliphatic rings. The van der Waals surface area contributed by atoms with E-state index < -0.39 is 17.7 Å². The van der Waals surface area contributed by atoms with E-state index in [2.05, 4.69) is 58.0 Å². The van der Waals surface area contributed by atoms with Crippen LogP contribution >= 0.6 is 0 Å². The molecule has 1 heterocycles. The first-order valence-corrected chi connectivity index (χ1v) is 16.7. The molecule has 0 aliphatic carbocycles. The molecule has 4 aromatic rings. The standard InChI is InChI=1S/C38H50N6O4/c1-26(2)23-39-20-10-15-33(36(46)42-27(3)31-14-9-12-29-11-7-8-13-32(29)31)43-35(45)30-18-16-28(17-19-30)24-44(25-34-40-21-22-41-34)37(47)48-38(4,5)6/h7-9,11-14,16-19,21-22,26-27,33,39H,10,15,20,23-25H2,1-6H3,(H,40,41)(H,42,46)(H,43,45)/t27-,33-/m0/s1. The number of nitrogens with zero attached hydrogens (tertiary/aromatic N) is 2. The predicted molar refractivity (Wildman–Crippen MR) is 189 cm³/mol. The maximum atomic E-state index is 13.7. The van der Waals surface area contributed by atoms with Crippen LogP contribution < -0.4 is 16.0 Å². The SMILES string of the molecule is CC(C)CNCCC[C@H](NC(=O)c1ccc(CN(Cc2ncc[nH]2)C(=O)OC(C)(C)C)cc1)C(=O)N[C@@H](C)c1cccc2ccccc12. The lowest BCUT2D eigenvalue weighted by molar-refractivity contribution is -0.123. The summed E-state index contributed by atoms with van der Waals surface area (Å²) >= 11 is 0. The second kappa shape index (κ2) is 16.9. The Morgan fingerprint density at radius 1 is 0.917 bits per heavy atom. The minimum absolute atomic E-state index is 0.227. The van der Waals surface area contributed by atoms with Gasteiger partial charge in [-0.05, 0) is 93.6 Å². The third kappa shape index (κ3) is 10.9. The molecule has 48 heavy (non-hydrogen) atoms. The van der Waals surface area contributed by atoms with Crippen molar-refractivity contribution in [3.05, 3.63) is 102 Å². The number of nitrogens with one attached hydrogen (secondary N) is 4. The molecule has 1 aromatic heterocycles. The number of hydrogen-bond acceptors (Lipinski definition) is 6. The van der Waals surface area contributed by atoms with Crippen molar-refractivity contribution in [2.75, 3.05) is 13.1 Å². The normalized spacial score (nSPS) is 12.8. The van der Waals surface area contributed by atoms with E-state index in [9.17, 15) is 14.4 Å². The van der Waals surface area contributed by atoms with Gasteiger partial charge < -0.3 is 25.7 Å². The fourth-order valence-corrected chi connectivity index (χ4v) is 5.41. The quantitative estimate of drug-likeness (QED) is 0.108. The van der Waals surface area contributed by atoms with Crippen LogP contribution in [0.4, 0.5) is 4.79 Å². The van der Waals surface area contributed by atoms with Gasteiger partial charge in [-0.1, -0.05) is 68.4 Å². The van der Waals surface area contributed by atoms with Gasteiger partial charge in [-0.2, -0.15) is 0 Å². The zero-order valence-corrected chi connectivity index (χ0v) is 29.0. The number of rotatable bonds is 15. The minimum Gasteiger partial charge on any atom is -0.444 e. The Morgan fingerprint density at radius 3 is 2.33 bits per heavy atom. The van der Waals surface area contributed by atoms with E-state index in [-0.39, 0.29) is 30.9 Å². The molecule has 0 aliphatic heterocycles. The number of carbonyl (C=O) groups is 3. The predicted octanol–water partition coefficient (Wildman–Crippen LogP) is 6.50. The zero-order chi connectivity index (χ0) is 34.7. The van der Waals surface area contributed by atoms with Gasteiger partial charge in [0.1, 0.15) is 17.5 Å². The van der Waals surface area contributed by atoms with Crippen molar-refractivity contribution >= 4 is 28.7 Å². The molecule has 0 radical (unpaired) electrons. The van der Waals surface area contributed by atoms with Crippen LogP contribution in [0.3, 0.4) is 0 Å². The van der Waals surface area contributed by atoms with Crippen molar-refractivity contribution in [1.82, 2.24) is 30.8 Å². The van der Waals surface area contributed by atoms with Crippen molar-refractivity contribution < 1.29 is 19.1 Å². The number of imidazole rings is 1. The maximum absolute atomic E-state index is 13.7. The molecule has 10 heteroatoms. The Kier molecular flexibility index (Phi) is 12.7. The summed E-state index contributed by atoms with van der Waals surface area (Å²) in [6.45, 7) is 13.9. The Bertz CT molecular complexity index is 1620. The summed E-state index contributed by atoms with van der Waals surface area (Å²) in [5.41, 5.74) is 1.61. The van der Waals surface area contributed by atoms with Gasteiger partial charge >= 0.3 is 6.09 Å². The van der Waals surface area contributed by atoms with Crippen molar-refractivity contribution in [3.63, 3.8) is 0 Å². The molecule has 4 rings (SSSR count). The minimum atomic E-state index is -0.716. The van der Waals surface area contributed by atoms with E-state index in [0.29, 0.717) is 23.7 Å². The van der Waals surface area contributed by atoms with Crippen LogP contribution in [0.2, 0.25) is 0 Å². The van der Waals surface area contributed by atoms with Crippen LogP contribution in [0.25, 0.3) is 10.8 Å². The number of carbonyl (C=O) groups excluding carboxylic acids is 3. The molecule has 10 nitrogen and oxygen atoms in total. The molecule has 0 fully saturated rings. The van der Waals surface area contributed by atoms with Gasteiger partial charge in [-0.15, -0.1) is 0 Å². The Balaban J connectivity index is 1.44. The Morgan fingerprint density at radius 2 is 1.65 bits per heavy atom. The van der Waals surface area contributed by atoms with E-state index in [0.717, 1.165) is 41.4 Å². The van der Waals surface area contributed by atoms with Crippen molar-refractivity contribution in [2.24, 2.45) is 5.92 Å². The number of benzene rings is 3. The van der Waals surface area contributed by atoms with E-state index in [1.165, 1.54) is 0 Å². The molecule has 0 saturated heterocycles. The molecule has 3 amide bonds. The van der Waals surface area contributed by atoms with Crippen LogP contribution in [0.1, 0.15) is 87.7 Å². The fourth-order valence-electron chi connectivity index (χ4n) is 5.41. The van der Waals surface area contributed by atoms with Gasteiger partial charge in [0.15, 0.2) is 0 Å². The van der Waals surface area contributed by atoms with Crippen molar-refractivity contribution in [1.29, 1.82) is 0 Å². The number of hydrogen-bond donors (Lipinski definition) is 4. The molecule has 0 unspecified atom stereocenters. The topological polar surface area (TPSA) is 128 Å². The Labute approximate surface area is 284 Å². The number of H-pyrrole nitrogens is 1. The summed E-state index contributed by atoms with van der Waals surface area (Å²) < 4.78 is 5.62. The lowest BCUT2D eigenvalue weighted by atomic mass is 9.99. The van der Waals surface area contributed by atoms with Gasteiger partial charge in [0.05, 0.1) is 12.6 Å². The van der Waals surface area contributed by atoms with Crippen LogP contribution in [0.15, 0.2) is 79.1 Å². The van der Waals surface area contributed by atoms with E-state index in [1.54, 1.807) is 29.4 Å². The van der Waals surface area contributed by atoms with Crippen LogP contribution in [-0.2, 0) is 22.6 Å². The van der Waals surface area contributed by atoms with Crippen LogP contribution in [0.5, 0.6) is 0 Å². The fraction of sp³-hybridized carbons (Fsp3) is 0.421. The number of aromatic nitrogens is 2. The van der Waals surface area contributed by atoms with Gasteiger partial charge in [-0.25, -0.2) is 9.78 Å². The maximum Gasteiger partial charge on any atom is 0.410 e. The smallest absolute Gasteiger partial charge is 0.410 e. The molecule has 0 saturated carbocycles. The second-order valence-corrected chi connectivity index (χ2v) is 13.6. The number of fused-ring (bicyclic) bond motifs is 1. The molecule has 3 aromatic carbocycles. The first kappa shape index (κ1) is 36.1. The van der Waals surface area contributed by atoms with Crippen LogP contribution in [-0.4, -0.2) is 57.5 Å². The first-order valence-electron chi connectivity index (χ1n) is 16.7. The molecular weight excluding hydrogens is 604 g/mol. The van der Waals surface area contributed by atoms with Crippen molar-refractivity contribution in [2.45, 2.75) is 85.2 Å². The highest BCUT2D eigenvalue weighted by Crippen LogP contribution is 2.24. The largest absolute Gasteiger partial charge is 0.444 e. The van der Waals surface area contributed by atoms with Crippen LogP contribution in [0, 0.1) is 5.92 Å². The Hall–Kier alpha value is -4.70. The summed E-state index contributed by atoms with van der Waals surface area (Å²) in [7, 11) is 0. The summed E-state index contributed by atoms with van der Waals surface area (Å²) in [6.07, 6.45) is 4.09. The van der Waals surface area contributed by atoms with E-state index >= 15 is 0 Å². The summed E-state index contributed by atoms with van der Waals surface area (Å²) in [5.74, 6) is 0.592. The average molecular weight is 655 g/mol. The zero-order valence-electron chi connectivity index (χ0n) is 29.0. The molecule has 4 N–H and O–H groups in total. The average Bonchev–Trinajstić information content (AvgIpc) is 3.56. The second-order valence-electron chi connectivity index (χ2n) is 13.6. The van der Waals surface area contributed by atoms with Gasteiger partial charge in [0, 0.05) is 24.5 Å². The van der Waals surface area contributed by atoms with Gasteiger partial charge in [0.25, 0.3) is 5.91 Å². The molecule has 2 atom stereocenters.